The number of amidine groups is 1. The summed E-state index contributed by atoms with van der Waals surface area (Å²) in [6.07, 6.45) is 2.40. The number of ether oxygens (including phenoxy) is 1. The molecule has 1 saturated carbocycles. The van der Waals surface area contributed by atoms with Gasteiger partial charge in [0.2, 0.25) is 5.88 Å². The zero-order valence-electron chi connectivity index (χ0n) is 18.7. The Labute approximate surface area is 211 Å². The van der Waals surface area contributed by atoms with Gasteiger partial charge in [-0.05, 0) is 60.6 Å². The van der Waals surface area contributed by atoms with Crippen LogP contribution in [-0.4, -0.2) is 34.5 Å². The van der Waals surface area contributed by atoms with Crippen molar-refractivity contribution in [3.8, 4) is 11.6 Å². The number of nitrogens with one attached hydrogen (secondary N) is 1. The highest BCUT2D eigenvalue weighted by Gasteiger charge is 2.29. The second-order valence-electron chi connectivity index (χ2n) is 8.52. The molecule has 1 unspecified atom stereocenters. The van der Waals surface area contributed by atoms with E-state index in [0.29, 0.717) is 27.6 Å². The molecule has 0 amide bonds. The summed E-state index contributed by atoms with van der Waals surface area (Å²) in [5, 5.41) is 9.08. The molecule has 35 heavy (non-hydrogen) atoms. The zero-order chi connectivity index (χ0) is 24.5. The standard InChI is InChI=1S/C25H21Cl2FN4O3/c1-13(33)21-11-19(24-29-17(12-34-32-24)9-15-7-8-16(26)10-20(15)27)25(31-30-21)35-22-4-2-3-18(23(22)28)14-5-6-14/h2-4,7-8,10-11,14,17H,5-6,9,12H2,1H3,(H,29,32). The van der Waals surface area contributed by atoms with Crippen LogP contribution < -0.4 is 10.2 Å². The highest BCUT2D eigenvalue weighted by molar-refractivity contribution is 6.35. The summed E-state index contributed by atoms with van der Waals surface area (Å²) >= 11 is 12.3. The molecule has 0 bridgehead atoms. The predicted molar refractivity (Wildman–Crippen MR) is 130 cm³/mol. The number of ketones is 1. The van der Waals surface area contributed by atoms with E-state index in [1.165, 1.54) is 19.1 Å². The molecule has 7 nitrogen and oxygen atoms in total. The Kier molecular flexibility index (Phi) is 6.69. The molecule has 1 fully saturated rings. The number of carbonyl (C=O) groups is 1. The lowest BCUT2D eigenvalue weighted by Gasteiger charge is -2.23. The normalized spacial score (nSPS) is 17.5. The number of Topliss-reactive ketones (excluding diaryl/α,β-unsaturated/α-hetero) is 1. The lowest BCUT2D eigenvalue weighted by Crippen LogP contribution is -2.37. The van der Waals surface area contributed by atoms with Crippen LogP contribution in [0, 0.1) is 5.82 Å². The second-order valence-corrected chi connectivity index (χ2v) is 9.37. The van der Waals surface area contributed by atoms with Gasteiger partial charge in [0.1, 0.15) is 5.69 Å². The maximum atomic E-state index is 15.1. The number of aliphatic imine (C=N–C) groups is 1. The number of hydrogen-bond donors (Lipinski definition) is 1. The molecule has 1 N–H and O–H groups in total. The van der Waals surface area contributed by atoms with E-state index >= 15 is 4.39 Å². The molecular formula is C25H21Cl2FN4O3. The van der Waals surface area contributed by atoms with Gasteiger partial charge in [0.15, 0.2) is 23.2 Å². The van der Waals surface area contributed by atoms with Crippen LogP contribution >= 0.6 is 23.2 Å². The van der Waals surface area contributed by atoms with Crippen molar-refractivity contribution in [2.24, 2.45) is 4.99 Å². The van der Waals surface area contributed by atoms with Gasteiger partial charge in [0.25, 0.3) is 0 Å². The smallest absolute Gasteiger partial charge is 0.250 e. The number of hydrogen-bond acceptors (Lipinski definition) is 7. The van der Waals surface area contributed by atoms with Crippen molar-refractivity contribution in [3.05, 3.63) is 80.7 Å². The SMILES string of the molecule is CC(=O)c1cc(C2=NC(Cc3ccc(Cl)cc3Cl)CON2)c(Oc2cccc(C3CC3)c2F)nn1. The van der Waals surface area contributed by atoms with E-state index in [2.05, 4.69) is 15.7 Å². The van der Waals surface area contributed by atoms with Crippen LogP contribution in [0.15, 0.2) is 47.5 Å². The Hall–Kier alpha value is -3.07. The minimum Gasteiger partial charge on any atom is -0.434 e. The number of benzene rings is 2. The quantitative estimate of drug-likeness (QED) is 0.407. The lowest BCUT2D eigenvalue weighted by molar-refractivity contribution is 0.0623. The predicted octanol–water partition coefficient (Wildman–Crippen LogP) is 5.69. The summed E-state index contributed by atoms with van der Waals surface area (Å²) in [5.74, 6) is -0.179. The summed E-state index contributed by atoms with van der Waals surface area (Å²) in [6, 6.07) is 11.5. The van der Waals surface area contributed by atoms with Crippen molar-refractivity contribution in [3.63, 3.8) is 0 Å². The van der Waals surface area contributed by atoms with Gasteiger partial charge in [-0.2, -0.15) is 0 Å². The number of halogens is 3. The molecule has 0 spiro atoms. The zero-order valence-corrected chi connectivity index (χ0v) is 20.2. The highest BCUT2D eigenvalue weighted by Crippen LogP contribution is 2.43. The first-order chi connectivity index (χ1) is 16.9. The molecular weight excluding hydrogens is 494 g/mol. The van der Waals surface area contributed by atoms with Crippen molar-refractivity contribution in [1.29, 1.82) is 0 Å². The van der Waals surface area contributed by atoms with Crippen LogP contribution in [0.25, 0.3) is 0 Å². The van der Waals surface area contributed by atoms with Crippen LogP contribution in [0.2, 0.25) is 10.0 Å². The van der Waals surface area contributed by atoms with Crippen molar-refractivity contribution >= 4 is 34.8 Å². The molecule has 2 heterocycles. The number of hydroxylamine groups is 1. The largest absolute Gasteiger partial charge is 0.434 e. The van der Waals surface area contributed by atoms with E-state index in [1.807, 2.05) is 6.07 Å². The van der Waals surface area contributed by atoms with E-state index in [-0.39, 0.29) is 47.5 Å². The number of carbonyl (C=O) groups excluding carboxylic acids is 1. The fraction of sp³-hybridized carbons (Fsp3) is 0.280. The van der Waals surface area contributed by atoms with Crippen molar-refractivity contribution in [1.82, 2.24) is 15.7 Å². The van der Waals surface area contributed by atoms with Gasteiger partial charge in [0.05, 0.1) is 18.2 Å². The van der Waals surface area contributed by atoms with Crippen molar-refractivity contribution in [2.45, 2.75) is 38.1 Å². The van der Waals surface area contributed by atoms with Gasteiger partial charge in [-0.15, -0.1) is 10.2 Å². The lowest BCUT2D eigenvalue weighted by atomic mass is 10.1. The first kappa shape index (κ1) is 23.7. The summed E-state index contributed by atoms with van der Waals surface area (Å²) in [7, 11) is 0. The maximum Gasteiger partial charge on any atom is 0.250 e. The molecule has 1 aliphatic carbocycles. The van der Waals surface area contributed by atoms with E-state index in [1.54, 1.807) is 24.3 Å². The van der Waals surface area contributed by atoms with Crippen molar-refractivity contribution < 1.29 is 18.8 Å². The third-order valence-electron chi connectivity index (χ3n) is 5.82. The monoisotopic (exact) mass is 514 g/mol. The molecule has 3 aromatic rings. The van der Waals surface area contributed by atoms with Gasteiger partial charge in [-0.3, -0.25) is 14.6 Å². The topological polar surface area (TPSA) is 85.7 Å². The molecule has 1 atom stereocenters. The summed E-state index contributed by atoms with van der Waals surface area (Å²) < 4.78 is 20.9. The van der Waals surface area contributed by atoms with E-state index in [0.717, 1.165) is 18.4 Å². The minimum atomic E-state index is -0.427. The first-order valence-electron chi connectivity index (χ1n) is 11.1. The molecule has 5 rings (SSSR count). The van der Waals surface area contributed by atoms with Crippen LogP contribution in [0.3, 0.4) is 0 Å². The van der Waals surface area contributed by atoms with Gasteiger partial charge < -0.3 is 4.74 Å². The second kappa shape index (κ2) is 9.89. The van der Waals surface area contributed by atoms with Gasteiger partial charge in [-0.25, -0.2) is 9.87 Å². The maximum absolute atomic E-state index is 15.1. The molecule has 1 aliphatic heterocycles. The summed E-state index contributed by atoms with van der Waals surface area (Å²) in [4.78, 5) is 22.3. The Morgan fingerprint density at radius 2 is 2.03 bits per heavy atom. The minimum absolute atomic E-state index is 0.00173. The first-order valence-corrected chi connectivity index (χ1v) is 11.9. The molecule has 180 valence electrons. The fourth-order valence-corrected chi connectivity index (χ4v) is 4.33. The third-order valence-corrected chi connectivity index (χ3v) is 6.41. The van der Waals surface area contributed by atoms with Gasteiger partial charge >= 0.3 is 0 Å². The molecule has 0 radical (unpaired) electrons. The number of nitrogens with zero attached hydrogens (tertiary/aromatic N) is 3. The average Bonchev–Trinajstić information content (AvgIpc) is 3.68. The number of rotatable bonds is 7. The molecule has 2 aromatic carbocycles. The summed E-state index contributed by atoms with van der Waals surface area (Å²) in [6.45, 7) is 1.67. The van der Waals surface area contributed by atoms with Crippen LogP contribution in [-0.2, 0) is 11.3 Å². The molecule has 2 aliphatic rings. The Morgan fingerprint density at radius 3 is 2.77 bits per heavy atom. The Bertz CT molecular complexity index is 1330. The highest BCUT2D eigenvalue weighted by atomic mass is 35.5. The van der Waals surface area contributed by atoms with Crippen molar-refractivity contribution in [2.75, 3.05) is 6.61 Å². The number of aromatic nitrogens is 2. The van der Waals surface area contributed by atoms with E-state index < -0.39 is 5.82 Å². The summed E-state index contributed by atoms with van der Waals surface area (Å²) in [5.41, 5.74) is 4.69. The van der Waals surface area contributed by atoms with Crippen LogP contribution in [0.5, 0.6) is 11.6 Å². The average molecular weight is 515 g/mol. The third kappa shape index (κ3) is 5.29. The van der Waals surface area contributed by atoms with E-state index in [4.69, 9.17) is 37.8 Å². The Balaban J connectivity index is 1.48. The van der Waals surface area contributed by atoms with Gasteiger partial charge in [-0.1, -0.05) is 41.4 Å². The molecule has 0 saturated heterocycles. The van der Waals surface area contributed by atoms with Crippen LogP contribution in [0.4, 0.5) is 4.39 Å². The van der Waals surface area contributed by atoms with Gasteiger partial charge in [0, 0.05) is 17.0 Å². The Morgan fingerprint density at radius 1 is 1.20 bits per heavy atom. The molecule has 10 heteroatoms. The fourth-order valence-electron chi connectivity index (χ4n) is 3.84. The molecule has 1 aromatic heterocycles. The van der Waals surface area contributed by atoms with Crippen LogP contribution in [0.1, 0.15) is 52.9 Å². The van der Waals surface area contributed by atoms with E-state index in [9.17, 15) is 4.79 Å².